The standard InChI is InChI=1S/C23H27N3O2/c1-5-8-20-24-22(23(2,3)4)25-26(20)15-16-11-13-17(14-12-16)18-9-6-7-10-19(18)21(27)28/h6-7,9-14H,5,8,15H2,1-4H3,(H,27,28). The average molecular weight is 377 g/mol. The van der Waals surface area contributed by atoms with Gasteiger partial charge in [-0.15, -0.1) is 0 Å². The molecule has 0 atom stereocenters. The largest absolute Gasteiger partial charge is 0.478 e. The molecule has 3 rings (SSSR count). The van der Waals surface area contributed by atoms with Crippen LogP contribution in [0.25, 0.3) is 11.1 Å². The number of hydrogen-bond acceptors (Lipinski definition) is 3. The lowest BCUT2D eigenvalue weighted by molar-refractivity contribution is 0.0697. The van der Waals surface area contributed by atoms with Crippen molar-refractivity contribution in [3.05, 3.63) is 71.3 Å². The number of hydrogen-bond donors (Lipinski definition) is 1. The van der Waals surface area contributed by atoms with Gasteiger partial charge in [0.2, 0.25) is 0 Å². The number of benzene rings is 2. The molecule has 0 radical (unpaired) electrons. The van der Waals surface area contributed by atoms with E-state index >= 15 is 0 Å². The van der Waals surface area contributed by atoms with Crippen LogP contribution >= 0.6 is 0 Å². The summed E-state index contributed by atoms with van der Waals surface area (Å²) in [4.78, 5) is 16.2. The first-order chi connectivity index (χ1) is 13.3. The van der Waals surface area contributed by atoms with Crippen LogP contribution in [0.2, 0.25) is 0 Å². The second-order valence-corrected chi connectivity index (χ2v) is 8.06. The molecule has 146 valence electrons. The van der Waals surface area contributed by atoms with Crippen molar-refractivity contribution in [3.8, 4) is 11.1 Å². The fourth-order valence-electron chi connectivity index (χ4n) is 3.11. The summed E-state index contributed by atoms with van der Waals surface area (Å²) in [6.07, 6.45) is 1.92. The van der Waals surface area contributed by atoms with Crippen molar-refractivity contribution in [2.24, 2.45) is 0 Å². The van der Waals surface area contributed by atoms with Crippen molar-refractivity contribution in [1.82, 2.24) is 14.8 Å². The molecular weight excluding hydrogens is 350 g/mol. The smallest absolute Gasteiger partial charge is 0.336 e. The summed E-state index contributed by atoms with van der Waals surface area (Å²) in [7, 11) is 0. The number of rotatable bonds is 6. The Kier molecular flexibility index (Phi) is 5.63. The molecule has 0 aliphatic carbocycles. The summed E-state index contributed by atoms with van der Waals surface area (Å²) in [5.41, 5.74) is 2.96. The van der Waals surface area contributed by atoms with E-state index in [4.69, 9.17) is 10.1 Å². The molecule has 0 saturated heterocycles. The third-order valence-corrected chi connectivity index (χ3v) is 4.65. The molecular formula is C23H27N3O2. The Labute approximate surface area is 166 Å². The van der Waals surface area contributed by atoms with Crippen LogP contribution in [0.5, 0.6) is 0 Å². The number of aromatic nitrogens is 3. The van der Waals surface area contributed by atoms with E-state index in [9.17, 15) is 9.90 Å². The Hall–Kier alpha value is -2.95. The van der Waals surface area contributed by atoms with Crippen LogP contribution in [0.15, 0.2) is 48.5 Å². The molecule has 0 saturated carbocycles. The molecule has 1 N–H and O–H groups in total. The van der Waals surface area contributed by atoms with Crippen LogP contribution in [0, 0.1) is 0 Å². The third kappa shape index (κ3) is 4.30. The van der Waals surface area contributed by atoms with Gasteiger partial charge in [-0.25, -0.2) is 14.5 Å². The van der Waals surface area contributed by atoms with E-state index in [1.54, 1.807) is 12.1 Å². The van der Waals surface area contributed by atoms with E-state index in [2.05, 4.69) is 27.7 Å². The quantitative estimate of drug-likeness (QED) is 0.660. The predicted molar refractivity (Wildman–Crippen MR) is 111 cm³/mol. The van der Waals surface area contributed by atoms with Crippen LogP contribution in [-0.2, 0) is 18.4 Å². The molecule has 0 spiro atoms. The SMILES string of the molecule is CCCc1nc(C(C)(C)C)nn1Cc1ccc(-c2ccccc2C(=O)O)cc1. The van der Waals surface area contributed by atoms with Crippen molar-refractivity contribution >= 4 is 5.97 Å². The fourth-order valence-corrected chi connectivity index (χ4v) is 3.11. The molecule has 0 fully saturated rings. The van der Waals surface area contributed by atoms with E-state index in [0.29, 0.717) is 12.1 Å². The van der Waals surface area contributed by atoms with Gasteiger partial charge in [-0.2, -0.15) is 5.10 Å². The van der Waals surface area contributed by atoms with Gasteiger partial charge in [-0.1, -0.05) is 70.2 Å². The number of nitrogens with zero attached hydrogens (tertiary/aromatic N) is 3. The summed E-state index contributed by atoms with van der Waals surface area (Å²) in [6.45, 7) is 9.16. The highest BCUT2D eigenvalue weighted by Gasteiger charge is 2.21. The van der Waals surface area contributed by atoms with Gasteiger partial charge in [-0.3, -0.25) is 0 Å². The molecule has 0 unspecified atom stereocenters. The first-order valence-corrected chi connectivity index (χ1v) is 9.65. The molecule has 1 heterocycles. The first-order valence-electron chi connectivity index (χ1n) is 9.65. The van der Waals surface area contributed by atoms with E-state index < -0.39 is 5.97 Å². The molecule has 0 bridgehead atoms. The van der Waals surface area contributed by atoms with Crippen LogP contribution in [-0.4, -0.2) is 25.8 Å². The maximum absolute atomic E-state index is 11.5. The molecule has 3 aromatic rings. The monoisotopic (exact) mass is 377 g/mol. The van der Waals surface area contributed by atoms with Crippen molar-refractivity contribution in [3.63, 3.8) is 0 Å². The van der Waals surface area contributed by atoms with E-state index in [1.165, 1.54) is 0 Å². The lowest BCUT2D eigenvalue weighted by atomic mass is 9.96. The minimum absolute atomic E-state index is 0.0852. The summed E-state index contributed by atoms with van der Waals surface area (Å²) < 4.78 is 1.99. The topological polar surface area (TPSA) is 68.0 Å². The summed E-state index contributed by atoms with van der Waals surface area (Å²) in [6, 6.07) is 15.1. The van der Waals surface area contributed by atoms with Gasteiger partial charge < -0.3 is 5.11 Å². The first kappa shape index (κ1) is 19.8. The summed E-state index contributed by atoms with van der Waals surface area (Å²) in [5, 5.41) is 14.1. The maximum atomic E-state index is 11.5. The zero-order valence-corrected chi connectivity index (χ0v) is 16.9. The van der Waals surface area contributed by atoms with Gasteiger partial charge in [-0.05, 0) is 29.2 Å². The lowest BCUT2D eigenvalue weighted by Gasteiger charge is -2.12. The number of carboxylic acids is 1. The Morgan fingerprint density at radius 2 is 1.75 bits per heavy atom. The zero-order chi connectivity index (χ0) is 20.3. The van der Waals surface area contributed by atoms with Crippen molar-refractivity contribution < 1.29 is 9.90 Å². The van der Waals surface area contributed by atoms with Crippen LogP contribution < -0.4 is 0 Å². The Balaban J connectivity index is 1.88. The highest BCUT2D eigenvalue weighted by Crippen LogP contribution is 2.25. The third-order valence-electron chi connectivity index (χ3n) is 4.65. The maximum Gasteiger partial charge on any atom is 0.336 e. The molecule has 5 heteroatoms. The molecule has 5 nitrogen and oxygen atoms in total. The van der Waals surface area contributed by atoms with Gasteiger partial charge in [0.1, 0.15) is 5.82 Å². The van der Waals surface area contributed by atoms with Crippen molar-refractivity contribution in [2.75, 3.05) is 0 Å². The minimum atomic E-state index is -0.916. The van der Waals surface area contributed by atoms with Gasteiger partial charge in [0, 0.05) is 11.8 Å². The van der Waals surface area contributed by atoms with E-state index in [-0.39, 0.29) is 5.41 Å². The van der Waals surface area contributed by atoms with Crippen LogP contribution in [0.1, 0.15) is 61.7 Å². The second kappa shape index (κ2) is 7.97. The average Bonchev–Trinajstić information content (AvgIpc) is 3.06. The highest BCUT2D eigenvalue weighted by molar-refractivity contribution is 5.95. The van der Waals surface area contributed by atoms with E-state index in [0.717, 1.165) is 41.2 Å². The molecule has 28 heavy (non-hydrogen) atoms. The predicted octanol–water partition coefficient (Wildman–Crippen LogP) is 4.94. The van der Waals surface area contributed by atoms with Gasteiger partial charge in [0.25, 0.3) is 0 Å². The zero-order valence-electron chi connectivity index (χ0n) is 16.9. The Morgan fingerprint density at radius 1 is 1.07 bits per heavy atom. The molecule has 0 aliphatic rings. The lowest BCUT2D eigenvalue weighted by Crippen LogP contribution is -2.14. The summed E-state index contributed by atoms with van der Waals surface area (Å²) >= 11 is 0. The molecule has 2 aromatic carbocycles. The molecule has 1 aromatic heterocycles. The Bertz CT molecular complexity index is 966. The summed E-state index contributed by atoms with van der Waals surface area (Å²) in [5.74, 6) is 0.955. The van der Waals surface area contributed by atoms with Gasteiger partial charge >= 0.3 is 5.97 Å². The van der Waals surface area contributed by atoms with Gasteiger partial charge in [0.05, 0.1) is 12.1 Å². The molecule has 0 amide bonds. The highest BCUT2D eigenvalue weighted by atomic mass is 16.4. The van der Waals surface area contributed by atoms with Crippen molar-refractivity contribution in [1.29, 1.82) is 0 Å². The van der Waals surface area contributed by atoms with Crippen LogP contribution in [0.3, 0.4) is 0 Å². The number of carbonyl (C=O) groups is 1. The molecule has 0 aliphatic heterocycles. The van der Waals surface area contributed by atoms with Gasteiger partial charge in [0.15, 0.2) is 5.82 Å². The second-order valence-electron chi connectivity index (χ2n) is 8.06. The number of aromatic carboxylic acids is 1. The normalized spacial score (nSPS) is 11.6. The minimum Gasteiger partial charge on any atom is -0.478 e. The Morgan fingerprint density at radius 3 is 2.36 bits per heavy atom. The van der Waals surface area contributed by atoms with E-state index in [1.807, 2.05) is 41.1 Å². The fraction of sp³-hybridized carbons (Fsp3) is 0.348. The van der Waals surface area contributed by atoms with Crippen molar-refractivity contribution in [2.45, 2.75) is 52.5 Å². The number of carboxylic acid groups (broad SMARTS) is 1. The number of aryl methyl sites for hydroxylation is 1. The van der Waals surface area contributed by atoms with Crippen LogP contribution in [0.4, 0.5) is 0 Å².